The van der Waals surface area contributed by atoms with Gasteiger partial charge >= 0.3 is 0 Å². The minimum atomic E-state index is 0.0963. The zero-order valence-corrected chi connectivity index (χ0v) is 18.3. The molecule has 1 fully saturated rings. The van der Waals surface area contributed by atoms with Crippen LogP contribution in [0.4, 0.5) is 0 Å². The molecule has 0 spiro atoms. The fraction of sp³-hybridized carbons (Fsp3) is 0.280. The van der Waals surface area contributed by atoms with Gasteiger partial charge in [0.05, 0.1) is 12.8 Å². The third kappa shape index (κ3) is 4.08. The predicted molar refractivity (Wildman–Crippen MR) is 124 cm³/mol. The van der Waals surface area contributed by atoms with Crippen LogP contribution in [-0.2, 0) is 6.42 Å². The molecule has 6 heteroatoms. The van der Waals surface area contributed by atoms with E-state index in [4.69, 9.17) is 9.72 Å². The summed E-state index contributed by atoms with van der Waals surface area (Å²) < 4.78 is 7.25. The number of carbonyl (C=O) groups excluding carboxylic acids is 1. The lowest BCUT2D eigenvalue weighted by Crippen LogP contribution is -2.39. The minimum Gasteiger partial charge on any atom is -0.497 e. The molecule has 0 N–H and O–H groups in total. The second-order valence-electron chi connectivity index (χ2n) is 8.06. The maximum absolute atomic E-state index is 13.2. The van der Waals surface area contributed by atoms with Crippen molar-refractivity contribution in [3.8, 4) is 17.0 Å². The summed E-state index contributed by atoms with van der Waals surface area (Å²) in [5.74, 6) is 1.53. The number of imidazole rings is 1. The first kappa shape index (κ1) is 19.8. The van der Waals surface area contributed by atoms with Gasteiger partial charge in [0.2, 0.25) is 0 Å². The second-order valence-corrected chi connectivity index (χ2v) is 8.89. The van der Waals surface area contributed by atoms with Crippen LogP contribution in [0.15, 0.2) is 66.2 Å². The van der Waals surface area contributed by atoms with E-state index in [1.54, 1.807) is 7.11 Å². The second kappa shape index (κ2) is 8.55. The van der Waals surface area contributed by atoms with Gasteiger partial charge in [-0.1, -0.05) is 42.5 Å². The number of likely N-dealkylation sites (tertiary alicyclic amines) is 1. The number of hydrogen-bond acceptors (Lipinski definition) is 4. The first-order valence-corrected chi connectivity index (χ1v) is 11.5. The van der Waals surface area contributed by atoms with Gasteiger partial charge in [-0.15, -0.1) is 11.3 Å². The van der Waals surface area contributed by atoms with Gasteiger partial charge in [-0.05, 0) is 42.9 Å². The highest BCUT2D eigenvalue weighted by Gasteiger charge is 2.26. The van der Waals surface area contributed by atoms with Crippen molar-refractivity contribution in [2.24, 2.45) is 5.92 Å². The SMILES string of the molecule is COc1cccc(-c2cn3c(C(=O)N4CCC(Cc5ccccc5)CC4)csc3n2)c1. The molecule has 5 nitrogen and oxygen atoms in total. The van der Waals surface area contributed by atoms with Gasteiger partial charge in [-0.3, -0.25) is 9.20 Å². The van der Waals surface area contributed by atoms with E-state index < -0.39 is 0 Å². The van der Waals surface area contributed by atoms with Gasteiger partial charge in [0.15, 0.2) is 4.96 Å². The Bertz CT molecular complexity index is 1190. The molecule has 31 heavy (non-hydrogen) atoms. The molecule has 0 saturated carbocycles. The zero-order valence-electron chi connectivity index (χ0n) is 17.5. The Morgan fingerprint density at radius 1 is 1.13 bits per heavy atom. The van der Waals surface area contributed by atoms with E-state index in [9.17, 15) is 4.79 Å². The first-order chi connectivity index (χ1) is 15.2. The Hall–Kier alpha value is -3.12. The molecule has 5 rings (SSSR count). The lowest BCUT2D eigenvalue weighted by atomic mass is 9.90. The van der Waals surface area contributed by atoms with Gasteiger partial charge in [0, 0.05) is 30.2 Å². The number of rotatable bonds is 5. The summed E-state index contributed by atoms with van der Waals surface area (Å²) >= 11 is 1.51. The third-order valence-electron chi connectivity index (χ3n) is 6.06. The Labute approximate surface area is 185 Å². The highest BCUT2D eigenvalue weighted by Crippen LogP contribution is 2.28. The predicted octanol–water partition coefficient (Wildman–Crippen LogP) is 5.17. The molecular formula is C25H25N3O2S. The zero-order chi connectivity index (χ0) is 21.2. The van der Waals surface area contributed by atoms with Gasteiger partial charge in [0.25, 0.3) is 5.91 Å². The number of benzene rings is 2. The number of nitrogens with zero attached hydrogens (tertiary/aromatic N) is 3. The Balaban J connectivity index is 1.29. The number of carbonyl (C=O) groups is 1. The maximum Gasteiger partial charge on any atom is 0.271 e. The summed E-state index contributed by atoms with van der Waals surface area (Å²) in [7, 11) is 1.66. The smallest absolute Gasteiger partial charge is 0.271 e. The number of fused-ring (bicyclic) bond motifs is 1. The molecule has 1 aliphatic rings. The number of methoxy groups -OCH3 is 1. The van der Waals surface area contributed by atoms with Crippen LogP contribution in [-0.4, -0.2) is 40.4 Å². The van der Waals surface area contributed by atoms with Crippen LogP contribution in [0.2, 0.25) is 0 Å². The molecule has 1 amide bonds. The van der Waals surface area contributed by atoms with E-state index in [1.807, 2.05) is 45.1 Å². The van der Waals surface area contributed by atoms with E-state index in [1.165, 1.54) is 16.9 Å². The Morgan fingerprint density at radius 3 is 2.71 bits per heavy atom. The van der Waals surface area contributed by atoms with Crippen LogP contribution in [0.1, 0.15) is 28.9 Å². The summed E-state index contributed by atoms with van der Waals surface area (Å²) in [4.78, 5) is 20.8. The Kier molecular flexibility index (Phi) is 5.47. The fourth-order valence-corrected chi connectivity index (χ4v) is 5.16. The summed E-state index contributed by atoms with van der Waals surface area (Å²) in [5.41, 5.74) is 3.91. The number of hydrogen-bond donors (Lipinski definition) is 0. The van der Waals surface area contributed by atoms with E-state index in [0.717, 1.165) is 54.3 Å². The number of ether oxygens (including phenoxy) is 1. The van der Waals surface area contributed by atoms with Crippen LogP contribution in [0.25, 0.3) is 16.2 Å². The third-order valence-corrected chi connectivity index (χ3v) is 6.90. The van der Waals surface area contributed by atoms with Crippen molar-refractivity contribution in [3.63, 3.8) is 0 Å². The minimum absolute atomic E-state index is 0.0963. The molecule has 0 radical (unpaired) electrons. The highest BCUT2D eigenvalue weighted by molar-refractivity contribution is 7.15. The van der Waals surface area contributed by atoms with Crippen molar-refractivity contribution in [3.05, 3.63) is 77.4 Å². The van der Waals surface area contributed by atoms with E-state index >= 15 is 0 Å². The van der Waals surface area contributed by atoms with Crippen molar-refractivity contribution < 1.29 is 9.53 Å². The topological polar surface area (TPSA) is 46.8 Å². The highest BCUT2D eigenvalue weighted by atomic mass is 32.1. The van der Waals surface area contributed by atoms with Crippen molar-refractivity contribution in [1.82, 2.24) is 14.3 Å². The van der Waals surface area contributed by atoms with Gasteiger partial charge in [0.1, 0.15) is 11.4 Å². The Morgan fingerprint density at radius 2 is 1.94 bits per heavy atom. The molecule has 2 aromatic carbocycles. The normalized spacial score (nSPS) is 14.8. The molecule has 0 aliphatic carbocycles. The van der Waals surface area contributed by atoms with Crippen LogP contribution in [0, 0.1) is 5.92 Å². The molecular weight excluding hydrogens is 406 g/mol. The summed E-state index contributed by atoms with van der Waals surface area (Å²) in [6, 6.07) is 18.5. The van der Waals surface area contributed by atoms with Gasteiger partial charge in [-0.25, -0.2) is 4.98 Å². The molecule has 158 valence electrons. The standard InChI is InChI=1S/C25H25N3O2S/c1-30-21-9-5-8-20(15-21)22-16-28-23(17-31-25(28)26-22)24(29)27-12-10-19(11-13-27)14-18-6-3-2-4-7-18/h2-9,15-17,19H,10-14H2,1H3. The number of thiazole rings is 1. The monoisotopic (exact) mass is 431 g/mol. The number of amides is 1. The van der Waals surface area contributed by atoms with Crippen LogP contribution < -0.4 is 4.74 Å². The molecule has 0 atom stereocenters. The van der Waals surface area contributed by atoms with Crippen molar-refractivity contribution in [1.29, 1.82) is 0 Å². The molecule has 0 bridgehead atoms. The molecule has 1 aliphatic heterocycles. The number of aromatic nitrogens is 2. The summed E-state index contributed by atoms with van der Waals surface area (Å²) in [5, 5.41) is 1.93. The lowest BCUT2D eigenvalue weighted by molar-refractivity contribution is 0.0684. The molecule has 1 saturated heterocycles. The van der Waals surface area contributed by atoms with Crippen LogP contribution in [0.3, 0.4) is 0 Å². The quantitative estimate of drug-likeness (QED) is 0.438. The van der Waals surface area contributed by atoms with Gasteiger partial charge < -0.3 is 9.64 Å². The lowest BCUT2D eigenvalue weighted by Gasteiger charge is -2.32. The van der Waals surface area contributed by atoms with E-state index in [-0.39, 0.29) is 5.91 Å². The molecule has 2 aromatic heterocycles. The summed E-state index contributed by atoms with van der Waals surface area (Å²) in [6.07, 6.45) is 5.15. The maximum atomic E-state index is 13.2. The molecule has 4 aromatic rings. The van der Waals surface area contributed by atoms with Crippen LogP contribution >= 0.6 is 11.3 Å². The number of piperidine rings is 1. The summed E-state index contributed by atoms with van der Waals surface area (Å²) in [6.45, 7) is 1.62. The first-order valence-electron chi connectivity index (χ1n) is 10.7. The fourth-order valence-electron chi connectivity index (χ4n) is 4.31. The van der Waals surface area contributed by atoms with Crippen LogP contribution in [0.5, 0.6) is 5.75 Å². The average molecular weight is 432 g/mol. The average Bonchev–Trinajstić information content (AvgIpc) is 3.41. The molecule has 3 heterocycles. The van der Waals surface area contributed by atoms with Gasteiger partial charge in [-0.2, -0.15) is 0 Å². The van der Waals surface area contributed by atoms with Crippen molar-refractivity contribution in [2.75, 3.05) is 20.2 Å². The van der Waals surface area contributed by atoms with E-state index in [2.05, 4.69) is 30.3 Å². The van der Waals surface area contributed by atoms with Crippen molar-refractivity contribution in [2.45, 2.75) is 19.3 Å². The molecule has 0 unspecified atom stereocenters. The van der Waals surface area contributed by atoms with Crippen molar-refractivity contribution >= 4 is 22.2 Å². The van der Waals surface area contributed by atoms with E-state index in [0.29, 0.717) is 11.6 Å². The largest absolute Gasteiger partial charge is 0.497 e.